The summed E-state index contributed by atoms with van der Waals surface area (Å²) in [7, 11) is 0. The van der Waals surface area contributed by atoms with E-state index in [4.69, 9.17) is 4.84 Å². The number of rotatable bonds is 6. The van der Waals surface area contributed by atoms with Gasteiger partial charge in [0.05, 0.1) is 19.3 Å². The Balaban J connectivity index is 1.83. The van der Waals surface area contributed by atoms with Gasteiger partial charge in [0, 0.05) is 19.5 Å². The highest BCUT2D eigenvalue weighted by molar-refractivity contribution is 14.1. The maximum atomic E-state index is 13.6. The van der Waals surface area contributed by atoms with Gasteiger partial charge in [-0.1, -0.05) is 62.4 Å². The molecule has 1 aromatic rings. The van der Waals surface area contributed by atoms with E-state index in [9.17, 15) is 15.0 Å². The van der Waals surface area contributed by atoms with Crippen LogP contribution in [0.4, 0.5) is 0 Å². The summed E-state index contributed by atoms with van der Waals surface area (Å²) in [5.41, 5.74) is 1.23. The van der Waals surface area contributed by atoms with Crippen LogP contribution in [-0.4, -0.2) is 56.0 Å². The lowest BCUT2D eigenvalue weighted by Gasteiger charge is -2.49. The van der Waals surface area contributed by atoms with Crippen LogP contribution < -0.4 is 5.32 Å². The molecule has 1 heterocycles. The molecule has 2 fully saturated rings. The zero-order chi connectivity index (χ0) is 23.8. The third-order valence-corrected chi connectivity index (χ3v) is 10.6. The highest BCUT2D eigenvalue weighted by atomic mass is 127. The fourth-order valence-corrected chi connectivity index (χ4v) is 6.92. The van der Waals surface area contributed by atoms with E-state index in [1.807, 2.05) is 18.2 Å². The molecular weight excluding hydrogens is 634 g/mol. The first-order valence-electron chi connectivity index (χ1n) is 11.4. The van der Waals surface area contributed by atoms with Crippen LogP contribution in [0.1, 0.15) is 46.6 Å². The molecule has 0 radical (unpaired) electrons. The van der Waals surface area contributed by atoms with E-state index in [2.05, 4.69) is 84.3 Å². The first-order valence-corrected chi connectivity index (χ1v) is 13.7. The predicted molar refractivity (Wildman–Crippen MR) is 142 cm³/mol. The lowest BCUT2D eigenvalue weighted by Crippen LogP contribution is -2.57. The van der Waals surface area contributed by atoms with E-state index < -0.39 is 24.2 Å². The van der Waals surface area contributed by atoms with Crippen LogP contribution >= 0.6 is 45.2 Å². The molecule has 8 atom stereocenters. The van der Waals surface area contributed by atoms with Crippen molar-refractivity contribution in [1.29, 1.82) is 0 Å². The molecule has 3 rings (SSSR count). The van der Waals surface area contributed by atoms with Gasteiger partial charge in [0.15, 0.2) is 0 Å². The number of aliphatic hydroxyl groups excluding tert-OH is 2. The van der Waals surface area contributed by atoms with Crippen molar-refractivity contribution in [1.82, 2.24) is 10.4 Å². The normalized spacial score (nSPS) is 36.1. The SMILES string of the molecule is C[C@H](O)[C@@H]1[C@H](CO)ON(Cc2cccc(I)c2)[C@@H]1C(=O)NC1C[C@@H](I)C(C)(C)[C@@H](C)[C@@H]1C. The fraction of sp³-hybridized carbons (Fsp3) is 0.708. The van der Waals surface area contributed by atoms with Crippen LogP contribution in [0.25, 0.3) is 0 Å². The number of benzene rings is 1. The van der Waals surface area contributed by atoms with E-state index in [0.717, 1.165) is 15.6 Å². The number of nitrogens with zero attached hydrogens (tertiary/aromatic N) is 1. The van der Waals surface area contributed by atoms with Crippen LogP contribution in [-0.2, 0) is 16.2 Å². The van der Waals surface area contributed by atoms with Gasteiger partial charge in [-0.3, -0.25) is 9.63 Å². The minimum atomic E-state index is -0.789. The smallest absolute Gasteiger partial charge is 0.240 e. The van der Waals surface area contributed by atoms with Crippen molar-refractivity contribution in [3.63, 3.8) is 0 Å². The maximum Gasteiger partial charge on any atom is 0.240 e. The standard InChI is InChI=1S/C24H36I2N2O4/c1-13-14(2)24(4,5)20(26)10-18(13)27-23(31)22-21(15(3)30)19(12-29)32-28(22)11-16-7-6-8-17(25)9-16/h6-9,13-15,18-22,29-30H,10-12H2,1-5H3,(H,27,31)/t13-,14-,15-,18?,19-,20+,21+,22-/m0/s1. The molecule has 8 heteroatoms. The van der Waals surface area contributed by atoms with Crippen molar-refractivity contribution in [2.75, 3.05) is 6.61 Å². The largest absolute Gasteiger partial charge is 0.394 e. The average Bonchev–Trinajstić information content (AvgIpc) is 3.09. The lowest BCUT2D eigenvalue weighted by molar-refractivity contribution is -0.182. The van der Waals surface area contributed by atoms with Crippen molar-refractivity contribution in [2.24, 2.45) is 23.2 Å². The van der Waals surface area contributed by atoms with Gasteiger partial charge < -0.3 is 15.5 Å². The number of nitrogens with one attached hydrogen (secondary N) is 1. The second-order valence-electron chi connectivity index (χ2n) is 10.1. The highest BCUT2D eigenvalue weighted by Gasteiger charge is 2.51. The lowest BCUT2D eigenvalue weighted by atomic mass is 9.63. The average molecular weight is 670 g/mol. The Morgan fingerprint density at radius 1 is 1.38 bits per heavy atom. The van der Waals surface area contributed by atoms with Crippen LogP contribution in [0.15, 0.2) is 24.3 Å². The molecule has 0 bridgehead atoms. The van der Waals surface area contributed by atoms with Gasteiger partial charge in [0.25, 0.3) is 0 Å². The number of carbonyl (C=O) groups is 1. The Labute approximate surface area is 219 Å². The zero-order valence-corrected chi connectivity index (χ0v) is 23.8. The van der Waals surface area contributed by atoms with Crippen molar-refractivity contribution >= 4 is 51.1 Å². The summed E-state index contributed by atoms with van der Waals surface area (Å²) in [4.78, 5) is 19.7. The number of hydrogen-bond acceptors (Lipinski definition) is 5. The van der Waals surface area contributed by atoms with Gasteiger partial charge in [0.2, 0.25) is 5.91 Å². The number of amides is 1. The van der Waals surface area contributed by atoms with Crippen LogP contribution in [0.5, 0.6) is 0 Å². The third kappa shape index (κ3) is 5.45. The Morgan fingerprint density at radius 3 is 2.66 bits per heavy atom. The number of hydrogen-bond donors (Lipinski definition) is 3. The molecule has 1 unspecified atom stereocenters. The van der Waals surface area contributed by atoms with Gasteiger partial charge >= 0.3 is 0 Å². The topological polar surface area (TPSA) is 82.0 Å². The van der Waals surface area contributed by atoms with Gasteiger partial charge in [-0.2, -0.15) is 5.06 Å². The molecule has 3 N–H and O–H groups in total. The highest BCUT2D eigenvalue weighted by Crippen LogP contribution is 2.47. The Bertz CT molecular complexity index is 806. The molecule has 1 aliphatic heterocycles. The third-order valence-electron chi connectivity index (χ3n) is 7.80. The molecule has 0 spiro atoms. The molecule has 2 aliphatic rings. The Morgan fingerprint density at radius 2 is 2.06 bits per heavy atom. The first-order chi connectivity index (χ1) is 15.0. The van der Waals surface area contributed by atoms with E-state index in [1.54, 1.807) is 12.0 Å². The van der Waals surface area contributed by atoms with E-state index >= 15 is 0 Å². The summed E-state index contributed by atoms with van der Waals surface area (Å²) < 4.78 is 1.56. The number of alkyl halides is 1. The summed E-state index contributed by atoms with van der Waals surface area (Å²) in [6.07, 6.45) is -0.492. The summed E-state index contributed by atoms with van der Waals surface area (Å²) in [6, 6.07) is 7.44. The van der Waals surface area contributed by atoms with Gasteiger partial charge in [-0.15, -0.1) is 0 Å². The fourth-order valence-electron chi connectivity index (χ4n) is 5.20. The molecule has 1 saturated heterocycles. The predicted octanol–water partition coefficient (Wildman–Crippen LogP) is 3.76. The van der Waals surface area contributed by atoms with Gasteiger partial charge in [-0.25, -0.2) is 0 Å². The molecule has 32 heavy (non-hydrogen) atoms. The number of hydroxylamine groups is 2. The molecular formula is C24H36I2N2O4. The van der Waals surface area contributed by atoms with E-state index in [-0.39, 0.29) is 24.0 Å². The first kappa shape index (κ1) is 26.6. The molecule has 1 saturated carbocycles. The van der Waals surface area contributed by atoms with Gasteiger partial charge in [0.1, 0.15) is 12.1 Å². The summed E-state index contributed by atoms with van der Waals surface area (Å²) in [5, 5.41) is 25.4. The van der Waals surface area contributed by atoms with Crippen LogP contribution in [0, 0.1) is 26.7 Å². The van der Waals surface area contributed by atoms with Crippen LogP contribution in [0.2, 0.25) is 0 Å². The van der Waals surface area contributed by atoms with Crippen molar-refractivity contribution in [3.8, 4) is 0 Å². The number of aliphatic hydroxyl groups is 2. The van der Waals surface area contributed by atoms with Gasteiger partial charge in [-0.05, 0) is 70.9 Å². The van der Waals surface area contributed by atoms with Crippen molar-refractivity contribution in [3.05, 3.63) is 33.4 Å². The Hall–Kier alpha value is -0.0100. The van der Waals surface area contributed by atoms with Crippen LogP contribution in [0.3, 0.4) is 0 Å². The maximum absolute atomic E-state index is 13.6. The summed E-state index contributed by atoms with van der Waals surface area (Å²) in [5.74, 6) is 0.157. The minimum Gasteiger partial charge on any atom is -0.394 e. The van der Waals surface area contributed by atoms with Crippen molar-refractivity contribution < 1.29 is 19.8 Å². The second kappa shape index (κ2) is 10.7. The molecule has 0 aromatic heterocycles. The number of halogens is 2. The molecule has 1 amide bonds. The summed E-state index contributed by atoms with van der Waals surface area (Å²) in [6.45, 7) is 10.9. The zero-order valence-electron chi connectivity index (χ0n) is 19.5. The molecule has 180 valence electrons. The molecule has 1 aromatic carbocycles. The Kier molecular flexibility index (Phi) is 8.91. The molecule has 6 nitrogen and oxygen atoms in total. The van der Waals surface area contributed by atoms with E-state index in [0.29, 0.717) is 22.3 Å². The monoisotopic (exact) mass is 670 g/mol. The summed E-state index contributed by atoms with van der Waals surface area (Å²) >= 11 is 4.78. The number of carbonyl (C=O) groups excluding carboxylic acids is 1. The molecule has 1 aliphatic carbocycles. The second-order valence-corrected chi connectivity index (χ2v) is 12.8. The quantitative estimate of drug-likeness (QED) is 0.318. The van der Waals surface area contributed by atoms with E-state index in [1.165, 1.54) is 0 Å². The van der Waals surface area contributed by atoms with Crippen molar-refractivity contribution in [2.45, 2.75) is 75.8 Å². The minimum absolute atomic E-state index is 0.0646.